The summed E-state index contributed by atoms with van der Waals surface area (Å²) in [5, 5.41) is 22.5. The van der Waals surface area contributed by atoms with E-state index in [1.807, 2.05) is 0 Å². The van der Waals surface area contributed by atoms with Gasteiger partial charge in [0.05, 0.1) is 11.5 Å². The quantitative estimate of drug-likeness (QED) is 0.236. The third-order valence-electron chi connectivity index (χ3n) is 5.19. The van der Waals surface area contributed by atoms with Gasteiger partial charge in [-0.2, -0.15) is 0 Å². The summed E-state index contributed by atoms with van der Waals surface area (Å²) in [7, 11) is 0. The smallest absolute Gasteiger partial charge is 0.303 e. The number of nitrogens with one attached hydrogen (secondary N) is 1. The van der Waals surface area contributed by atoms with Gasteiger partial charge in [0.25, 0.3) is 0 Å². The molecule has 0 aromatic carbocycles. The number of carbonyl (C=O) groups is 1. The number of carboxylic acid groups (broad SMARTS) is 1. The monoisotopic (exact) mass is 373 g/mol. The molecule has 1 saturated heterocycles. The van der Waals surface area contributed by atoms with E-state index in [1.54, 1.807) is 0 Å². The minimum absolute atomic E-state index is 0.0754. The van der Waals surface area contributed by atoms with Gasteiger partial charge in [0, 0.05) is 12.0 Å². The molecule has 1 rings (SSSR count). The molecule has 1 aliphatic rings. The maximum atomic E-state index is 10.5. The van der Waals surface area contributed by atoms with E-state index in [0.29, 0.717) is 6.42 Å². The predicted molar refractivity (Wildman–Crippen MR) is 104 cm³/mol. The average molecular weight is 374 g/mol. The van der Waals surface area contributed by atoms with Crippen molar-refractivity contribution >= 4 is 17.6 Å². The molecule has 1 aliphatic heterocycles. The van der Waals surface area contributed by atoms with Crippen molar-refractivity contribution in [2.75, 3.05) is 6.54 Å². The molecule has 1 fully saturated rings. The van der Waals surface area contributed by atoms with Crippen LogP contribution in [0.5, 0.6) is 0 Å². The second-order valence-electron chi connectivity index (χ2n) is 7.34. The van der Waals surface area contributed by atoms with E-state index in [2.05, 4.69) is 24.4 Å². The first kappa shape index (κ1) is 22.5. The molecule has 4 nitrogen and oxygen atoms in total. The molecule has 1 unspecified atom stereocenters. The molecular weight excluding hydrogens is 338 g/mol. The molecule has 5 heteroatoms. The molecule has 0 aromatic heterocycles. The van der Waals surface area contributed by atoms with E-state index in [9.17, 15) is 9.90 Å². The maximum absolute atomic E-state index is 10.5. The molecule has 3 N–H and O–H groups in total. The number of aliphatic hydroxyl groups is 1. The van der Waals surface area contributed by atoms with Crippen molar-refractivity contribution in [3.05, 3.63) is 12.2 Å². The summed E-state index contributed by atoms with van der Waals surface area (Å²) in [5.41, 5.74) is -0.0754. The van der Waals surface area contributed by atoms with E-state index < -0.39 is 5.97 Å². The van der Waals surface area contributed by atoms with Crippen LogP contribution >= 0.6 is 11.6 Å². The Morgan fingerprint density at radius 3 is 2.68 bits per heavy atom. The molecule has 0 radical (unpaired) electrons. The van der Waals surface area contributed by atoms with Crippen molar-refractivity contribution in [2.24, 2.45) is 0 Å². The standard InChI is InChI=1S/C20H36ClNO3/c1-2-3-6-10-17(23)11-9-15-20(18(21)13-16-22-20)14-8-5-4-7-12-19(24)25/h5,8,17-18,22-23H,2-4,6-7,9-16H2,1H3,(H,24,25)/b8-5-/t17?,18-,20-/m1/s1. The highest BCUT2D eigenvalue weighted by Gasteiger charge is 2.39. The molecular formula is C20H36ClNO3. The molecule has 146 valence electrons. The molecule has 0 bridgehead atoms. The second kappa shape index (κ2) is 12.7. The Morgan fingerprint density at radius 2 is 2.04 bits per heavy atom. The fraction of sp³-hybridized carbons (Fsp3) is 0.850. The highest BCUT2D eigenvalue weighted by molar-refractivity contribution is 6.21. The molecule has 0 spiro atoms. The zero-order valence-electron chi connectivity index (χ0n) is 15.7. The fourth-order valence-corrected chi connectivity index (χ4v) is 3.98. The third-order valence-corrected chi connectivity index (χ3v) is 5.82. The van der Waals surface area contributed by atoms with E-state index >= 15 is 0 Å². The number of aliphatic carboxylic acids is 1. The van der Waals surface area contributed by atoms with Crippen molar-refractivity contribution < 1.29 is 15.0 Å². The van der Waals surface area contributed by atoms with Gasteiger partial charge in [-0.05, 0) is 57.9 Å². The zero-order chi connectivity index (χ0) is 18.5. The Hall–Kier alpha value is -0.580. The fourth-order valence-electron chi connectivity index (χ4n) is 3.59. The SMILES string of the molecule is CCCCCC(O)CCC[C@@]1(C/C=C\CCCC(=O)O)NCC[C@H]1Cl. The topological polar surface area (TPSA) is 69.6 Å². The van der Waals surface area contributed by atoms with Gasteiger partial charge in [-0.1, -0.05) is 38.3 Å². The van der Waals surface area contributed by atoms with Crippen LogP contribution < -0.4 is 5.32 Å². The van der Waals surface area contributed by atoms with Crippen LogP contribution in [0.3, 0.4) is 0 Å². The Balaban J connectivity index is 2.35. The lowest BCUT2D eigenvalue weighted by Crippen LogP contribution is -2.45. The van der Waals surface area contributed by atoms with Gasteiger partial charge in [0.15, 0.2) is 0 Å². The van der Waals surface area contributed by atoms with Gasteiger partial charge in [0.2, 0.25) is 0 Å². The van der Waals surface area contributed by atoms with Crippen LogP contribution in [-0.2, 0) is 4.79 Å². The van der Waals surface area contributed by atoms with E-state index in [1.165, 1.54) is 12.8 Å². The van der Waals surface area contributed by atoms with Crippen LogP contribution in [-0.4, -0.2) is 39.7 Å². The van der Waals surface area contributed by atoms with Gasteiger partial charge >= 0.3 is 5.97 Å². The van der Waals surface area contributed by atoms with Crippen LogP contribution in [0.4, 0.5) is 0 Å². The Kier molecular flexibility index (Phi) is 11.4. The van der Waals surface area contributed by atoms with E-state index in [4.69, 9.17) is 16.7 Å². The minimum Gasteiger partial charge on any atom is -0.481 e. The normalized spacial score (nSPS) is 24.8. The van der Waals surface area contributed by atoms with E-state index in [-0.39, 0.29) is 23.4 Å². The van der Waals surface area contributed by atoms with Crippen LogP contribution in [0.2, 0.25) is 0 Å². The van der Waals surface area contributed by atoms with Gasteiger partial charge < -0.3 is 15.5 Å². The lowest BCUT2D eigenvalue weighted by Gasteiger charge is -2.32. The maximum Gasteiger partial charge on any atom is 0.303 e. The van der Waals surface area contributed by atoms with Gasteiger partial charge in [-0.15, -0.1) is 11.6 Å². The highest BCUT2D eigenvalue weighted by atomic mass is 35.5. The van der Waals surface area contributed by atoms with Crippen LogP contribution in [0.1, 0.15) is 84.0 Å². The number of alkyl halides is 1. The summed E-state index contributed by atoms with van der Waals surface area (Å²) in [4.78, 5) is 10.5. The number of rotatable bonds is 14. The molecule has 3 atom stereocenters. The van der Waals surface area contributed by atoms with Crippen molar-refractivity contribution in [1.82, 2.24) is 5.32 Å². The third kappa shape index (κ3) is 9.07. The summed E-state index contributed by atoms with van der Waals surface area (Å²) in [6.45, 7) is 3.12. The number of aliphatic hydroxyl groups excluding tert-OH is 1. The average Bonchev–Trinajstić information content (AvgIpc) is 2.92. The van der Waals surface area contributed by atoms with E-state index in [0.717, 1.165) is 57.9 Å². The minimum atomic E-state index is -0.736. The molecule has 0 aromatic rings. The van der Waals surface area contributed by atoms with Crippen molar-refractivity contribution in [2.45, 2.75) is 101 Å². The molecule has 0 saturated carbocycles. The Morgan fingerprint density at radius 1 is 1.28 bits per heavy atom. The van der Waals surface area contributed by atoms with Crippen molar-refractivity contribution in [3.8, 4) is 0 Å². The number of halogens is 1. The first-order valence-electron chi connectivity index (χ1n) is 9.94. The number of hydrogen-bond acceptors (Lipinski definition) is 3. The van der Waals surface area contributed by atoms with Gasteiger partial charge in [0.1, 0.15) is 0 Å². The highest BCUT2D eigenvalue weighted by Crippen LogP contribution is 2.34. The summed E-state index contributed by atoms with van der Waals surface area (Å²) in [5.74, 6) is -0.736. The zero-order valence-corrected chi connectivity index (χ0v) is 16.4. The number of carboxylic acids is 1. The molecule has 1 heterocycles. The first-order chi connectivity index (χ1) is 12.0. The second-order valence-corrected chi connectivity index (χ2v) is 7.87. The Bertz CT molecular complexity index is 402. The Labute approximate surface area is 158 Å². The number of unbranched alkanes of at least 4 members (excludes halogenated alkanes) is 3. The largest absolute Gasteiger partial charge is 0.481 e. The van der Waals surface area contributed by atoms with Crippen molar-refractivity contribution in [3.63, 3.8) is 0 Å². The summed E-state index contributed by atoms with van der Waals surface area (Å²) in [6, 6.07) is 0. The molecule has 0 amide bonds. The van der Waals surface area contributed by atoms with Crippen LogP contribution in [0.25, 0.3) is 0 Å². The number of allylic oxidation sites excluding steroid dienone is 1. The first-order valence-corrected chi connectivity index (χ1v) is 10.4. The van der Waals surface area contributed by atoms with Gasteiger partial charge in [-0.3, -0.25) is 4.79 Å². The molecule has 0 aliphatic carbocycles. The molecule has 25 heavy (non-hydrogen) atoms. The van der Waals surface area contributed by atoms with Gasteiger partial charge in [-0.25, -0.2) is 0 Å². The summed E-state index contributed by atoms with van der Waals surface area (Å²) in [6.07, 6.45) is 14.8. The van der Waals surface area contributed by atoms with Crippen LogP contribution in [0, 0.1) is 0 Å². The predicted octanol–water partition coefficient (Wildman–Crippen LogP) is 4.64. The summed E-state index contributed by atoms with van der Waals surface area (Å²) >= 11 is 6.60. The van der Waals surface area contributed by atoms with Crippen LogP contribution in [0.15, 0.2) is 12.2 Å². The lowest BCUT2D eigenvalue weighted by atomic mass is 9.86. The van der Waals surface area contributed by atoms with Crippen molar-refractivity contribution in [1.29, 1.82) is 0 Å². The summed E-state index contributed by atoms with van der Waals surface area (Å²) < 4.78 is 0. The lowest BCUT2D eigenvalue weighted by molar-refractivity contribution is -0.137. The number of hydrogen-bond donors (Lipinski definition) is 3.